The second-order valence-electron chi connectivity index (χ2n) is 10.2. The van der Waals surface area contributed by atoms with Gasteiger partial charge in [0.1, 0.15) is 11.9 Å². The molecule has 2 N–H and O–H groups in total. The highest BCUT2D eigenvalue weighted by molar-refractivity contribution is 7.31. The number of nitrogens with one attached hydrogen (secondary N) is 1. The zero-order chi connectivity index (χ0) is 29.8. The van der Waals surface area contributed by atoms with Gasteiger partial charge in [-0.25, -0.2) is 4.79 Å². The highest BCUT2D eigenvalue weighted by Gasteiger charge is 2.52. The van der Waals surface area contributed by atoms with E-state index in [4.69, 9.17) is 4.74 Å². The smallest absolute Gasteiger partial charge is 0.417 e. The van der Waals surface area contributed by atoms with E-state index < -0.39 is 35.3 Å². The molecule has 5 aromatic rings. The number of carboxylic acids is 1. The molecule has 12 heteroatoms. The number of aryl methyl sites for hydroxylation is 1. The largest absolute Gasteiger partial charge is 0.481 e. The van der Waals surface area contributed by atoms with Gasteiger partial charge in [-0.3, -0.25) is 14.8 Å². The van der Waals surface area contributed by atoms with E-state index in [1.54, 1.807) is 26.2 Å². The van der Waals surface area contributed by atoms with E-state index in [1.807, 2.05) is 36.4 Å². The summed E-state index contributed by atoms with van der Waals surface area (Å²) in [5.74, 6) is -0.674. The minimum Gasteiger partial charge on any atom is -0.481 e. The Balaban J connectivity index is 1.27. The first kappa shape index (κ1) is 28.0. The van der Waals surface area contributed by atoms with E-state index in [0.717, 1.165) is 25.9 Å². The Labute approximate surface area is 246 Å². The van der Waals surface area contributed by atoms with Crippen molar-refractivity contribution in [2.24, 2.45) is 7.05 Å². The molecule has 1 atom stereocenters. The predicted molar refractivity (Wildman–Crippen MR) is 156 cm³/mol. The quantitative estimate of drug-likeness (QED) is 0.193. The molecular formula is C30H24F3N3O4S2. The van der Waals surface area contributed by atoms with Gasteiger partial charge in [0.15, 0.2) is 0 Å². The van der Waals surface area contributed by atoms with Gasteiger partial charge in [0.25, 0.3) is 0 Å². The SMILES string of the molecule is CC(OC(=O)Nc1c(-c2cc3sc(-c4ccc(C5(C(=O)O)CC5)cc4C(F)(F)F)cc3s2)cnn1C)c1ccccc1. The fourth-order valence-electron chi connectivity index (χ4n) is 4.99. The Kier molecular flexibility index (Phi) is 6.85. The van der Waals surface area contributed by atoms with Crippen LogP contribution < -0.4 is 5.32 Å². The van der Waals surface area contributed by atoms with Crippen LogP contribution in [0.25, 0.3) is 30.3 Å². The lowest BCUT2D eigenvalue weighted by atomic mass is 9.92. The van der Waals surface area contributed by atoms with Gasteiger partial charge in [-0.15, -0.1) is 22.7 Å². The number of carboxylic acid groups (broad SMARTS) is 1. The van der Waals surface area contributed by atoms with Crippen LogP contribution in [0.4, 0.5) is 23.8 Å². The van der Waals surface area contributed by atoms with E-state index in [0.29, 0.717) is 29.1 Å². The number of benzene rings is 2. The summed E-state index contributed by atoms with van der Waals surface area (Å²) in [5.41, 5.74) is -0.375. The molecule has 216 valence electrons. The van der Waals surface area contributed by atoms with Crippen molar-refractivity contribution in [2.75, 3.05) is 5.32 Å². The Morgan fingerprint density at radius 3 is 2.26 bits per heavy atom. The van der Waals surface area contributed by atoms with Crippen molar-refractivity contribution < 1.29 is 32.6 Å². The first-order valence-corrected chi connectivity index (χ1v) is 14.6. The molecule has 1 amide bonds. The molecule has 3 heterocycles. The molecule has 1 aliphatic rings. The Bertz CT molecular complexity index is 1790. The third-order valence-corrected chi connectivity index (χ3v) is 9.85. The molecule has 0 radical (unpaired) electrons. The topological polar surface area (TPSA) is 93.4 Å². The summed E-state index contributed by atoms with van der Waals surface area (Å²) in [4.78, 5) is 25.6. The summed E-state index contributed by atoms with van der Waals surface area (Å²) in [6, 6.07) is 16.8. The number of aliphatic carboxylic acids is 1. The maximum absolute atomic E-state index is 14.1. The number of ether oxygens (including phenoxy) is 1. The molecule has 0 spiro atoms. The molecule has 0 bridgehead atoms. The number of rotatable bonds is 7. The second kappa shape index (κ2) is 10.3. The van der Waals surface area contributed by atoms with Gasteiger partial charge in [0.05, 0.1) is 22.7 Å². The lowest BCUT2D eigenvalue weighted by Crippen LogP contribution is -2.20. The number of anilines is 1. The number of hydrogen-bond donors (Lipinski definition) is 2. The number of carbonyl (C=O) groups excluding carboxylic acids is 1. The normalized spacial score (nSPS) is 15.0. The highest BCUT2D eigenvalue weighted by atomic mass is 32.1. The molecule has 3 aromatic heterocycles. The Morgan fingerprint density at radius 1 is 1.02 bits per heavy atom. The molecule has 7 nitrogen and oxygen atoms in total. The highest BCUT2D eigenvalue weighted by Crippen LogP contribution is 2.51. The summed E-state index contributed by atoms with van der Waals surface area (Å²) >= 11 is 2.59. The van der Waals surface area contributed by atoms with Gasteiger partial charge in [-0.1, -0.05) is 42.5 Å². The molecule has 6 rings (SSSR count). The average molecular weight is 612 g/mol. The zero-order valence-electron chi connectivity index (χ0n) is 22.4. The lowest BCUT2D eigenvalue weighted by Gasteiger charge is -2.17. The van der Waals surface area contributed by atoms with Crippen LogP contribution in [-0.4, -0.2) is 26.9 Å². The minimum atomic E-state index is -4.65. The van der Waals surface area contributed by atoms with Crippen molar-refractivity contribution in [3.8, 4) is 20.9 Å². The van der Waals surface area contributed by atoms with Gasteiger partial charge in [0, 0.05) is 31.8 Å². The molecule has 42 heavy (non-hydrogen) atoms. The number of alkyl halides is 3. The van der Waals surface area contributed by atoms with Crippen LogP contribution in [0, 0.1) is 0 Å². The minimum absolute atomic E-state index is 0.0152. The van der Waals surface area contributed by atoms with Crippen molar-refractivity contribution in [1.82, 2.24) is 9.78 Å². The maximum Gasteiger partial charge on any atom is 0.417 e. The first-order chi connectivity index (χ1) is 20.0. The van der Waals surface area contributed by atoms with Crippen LogP contribution in [0.5, 0.6) is 0 Å². The predicted octanol–water partition coefficient (Wildman–Crippen LogP) is 8.48. The zero-order valence-corrected chi connectivity index (χ0v) is 24.0. The Hall–Kier alpha value is -4.16. The average Bonchev–Trinajstić information content (AvgIpc) is 3.37. The second-order valence-corrected chi connectivity index (χ2v) is 12.4. The fourth-order valence-corrected chi connectivity index (χ4v) is 7.43. The molecule has 0 aliphatic heterocycles. The molecule has 0 saturated heterocycles. The molecule has 2 aromatic carbocycles. The molecule has 1 fully saturated rings. The third-order valence-electron chi connectivity index (χ3n) is 7.49. The van der Waals surface area contributed by atoms with Gasteiger partial charge < -0.3 is 9.84 Å². The van der Waals surface area contributed by atoms with Gasteiger partial charge in [-0.2, -0.15) is 18.3 Å². The summed E-state index contributed by atoms with van der Waals surface area (Å²) < 4.78 is 51.0. The Morgan fingerprint density at radius 2 is 1.67 bits per heavy atom. The lowest BCUT2D eigenvalue weighted by molar-refractivity contribution is -0.141. The maximum atomic E-state index is 14.1. The van der Waals surface area contributed by atoms with E-state index in [-0.39, 0.29) is 11.1 Å². The van der Waals surface area contributed by atoms with Crippen molar-refractivity contribution in [3.63, 3.8) is 0 Å². The number of thiophene rings is 2. The monoisotopic (exact) mass is 611 g/mol. The van der Waals surface area contributed by atoms with E-state index in [2.05, 4.69) is 10.4 Å². The number of hydrogen-bond acceptors (Lipinski definition) is 6. The van der Waals surface area contributed by atoms with E-state index >= 15 is 0 Å². The van der Waals surface area contributed by atoms with Crippen LogP contribution in [0.3, 0.4) is 0 Å². The van der Waals surface area contributed by atoms with Crippen LogP contribution >= 0.6 is 22.7 Å². The summed E-state index contributed by atoms with van der Waals surface area (Å²) in [6.07, 6.45) is -3.50. The number of nitrogens with zero attached hydrogens (tertiary/aromatic N) is 2. The molecule has 1 saturated carbocycles. The van der Waals surface area contributed by atoms with Gasteiger partial charge in [-0.05, 0) is 49.1 Å². The number of halogens is 3. The fraction of sp³-hybridized carbons (Fsp3) is 0.233. The van der Waals surface area contributed by atoms with Crippen LogP contribution in [0.1, 0.15) is 42.6 Å². The van der Waals surface area contributed by atoms with Crippen molar-refractivity contribution >= 4 is 50.0 Å². The van der Waals surface area contributed by atoms with Gasteiger partial charge >= 0.3 is 18.2 Å². The molecular weight excluding hydrogens is 587 g/mol. The summed E-state index contributed by atoms with van der Waals surface area (Å²) in [7, 11) is 1.69. The number of aromatic nitrogens is 2. The van der Waals surface area contributed by atoms with Crippen LogP contribution in [0.2, 0.25) is 0 Å². The first-order valence-electron chi connectivity index (χ1n) is 13.0. The number of carbonyl (C=O) groups is 2. The van der Waals surface area contributed by atoms with Crippen molar-refractivity contribution in [1.29, 1.82) is 0 Å². The standard InChI is InChI=1S/C30H24F3N3O4S2/c1-16(17-6-4-3-5-7-17)40-28(39)35-26-20(15-34-36(26)2)23-14-25-24(42-23)13-22(41-25)19-9-8-18(12-21(19)30(31,32)33)29(10-11-29)27(37)38/h3-9,12-16H,10-11H2,1-2H3,(H,35,39)(H,37,38). The molecule has 1 unspecified atom stereocenters. The molecule has 1 aliphatic carbocycles. The van der Waals surface area contributed by atoms with Crippen LogP contribution in [0.15, 0.2) is 66.9 Å². The van der Waals surface area contributed by atoms with Crippen molar-refractivity contribution in [3.05, 3.63) is 83.6 Å². The third kappa shape index (κ3) is 5.05. The van der Waals surface area contributed by atoms with Crippen molar-refractivity contribution in [2.45, 2.75) is 37.5 Å². The van der Waals surface area contributed by atoms with Gasteiger partial charge in [0.2, 0.25) is 0 Å². The van der Waals surface area contributed by atoms with Crippen LogP contribution in [-0.2, 0) is 28.2 Å². The van der Waals surface area contributed by atoms with E-state index in [1.165, 1.54) is 39.5 Å². The summed E-state index contributed by atoms with van der Waals surface area (Å²) in [5, 5.41) is 16.6. The number of amides is 1. The summed E-state index contributed by atoms with van der Waals surface area (Å²) in [6.45, 7) is 1.78. The van der Waals surface area contributed by atoms with E-state index in [9.17, 15) is 27.9 Å². The number of fused-ring (bicyclic) bond motifs is 1.